The number of carbonyl (C=O) groups is 1. The van der Waals surface area contributed by atoms with Crippen LogP contribution in [-0.4, -0.2) is 36.2 Å². The lowest BCUT2D eigenvalue weighted by Crippen LogP contribution is -2.24. The van der Waals surface area contributed by atoms with Gasteiger partial charge in [0, 0.05) is 13.0 Å². The minimum Gasteiger partial charge on any atom is -0.493 e. The second kappa shape index (κ2) is 9.71. The van der Waals surface area contributed by atoms with Crippen LogP contribution in [0.4, 0.5) is 5.69 Å². The molecule has 0 aliphatic heterocycles. The zero-order valence-corrected chi connectivity index (χ0v) is 14.2. The van der Waals surface area contributed by atoms with Gasteiger partial charge in [-0.2, -0.15) is 0 Å². The third-order valence-corrected chi connectivity index (χ3v) is 3.34. The van der Waals surface area contributed by atoms with Crippen LogP contribution in [0.25, 0.3) is 0 Å². The normalized spacial score (nSPS) is 11.7. The third kappa shape index (κ3) is 5.69. The Hall–Kier alpha value is -2.35. The lowest BCUT2D eigenvalue weighted by atomic mass is 10.1. The average Bonchev–Trinajstić information content (AvgIpc) is 2.55. The summed E-state index contributed by atoms with van der Waals surface area (Å²) >= 11 is 0. The first kappa shape index (κ1) is 19.7. The van der Waals surface area contributed by atoms with E-state index in [4.69, 9.17) is 9.47 Å². The second-order valence-electron chi connectivity index (χ2n) is 5.30. The monoisotopic (exact) mass is 340 g/mol. The predicted molar refractivity (Wildman–Crippen MR) is 88.3 cm³/mol. The van der Waals surface area contributed by atoms with Crippen molar-refractivity contribution >= 4 is 11.6 Å². The summed E-state index contributed by atoms with van der Waals surface area (Å²) in [5, 5.41) is 23.6. The van der Waals surface area contributed by atoms with Crippen LogP contribution in [0, 0.1) is 10.1 Å². The summed E-state index contributed by atoms with van der Waals surface area (Å²) in [7, 11) is 1.41. The summed E-state index contributed by atoms with van der Waals surface area (Å²) in [4.78, 5) is 22.1. The first-order valence-electron chi connectivity index (χ1n) is 7.84. The van der Waals surface area contributed by atoms with Crippen LogP contribution in [0.5, 0.6) is 11.5 Å². The van der Waals surface area contributed by atoms with Crippen molar-refractivity contribution in [2.75, 3.05) is 20.3 Å². The van der Waals surface area contributed by atoms with Crippen molar-refractivity contribution in [3.05, 3.63) is 27.8 Å². The molecule has 0 fully saturated rings. The smallest absolute Gasteiger partial charge is 0.279 e. The van der Waals surface area contributed by atoms with E-state index in [1.165, 1.54) is 26.2 Å². The molecule has 1 aromatic rings. The van der Waals surface area contributed by atoms with Gasteiger partial charge in [0.25, 0.3) is 5.69 Å². The van der Waals surface area contributed by atoms with Crippen LogP contribution >= 0.6 is 0 Å². The molecule has 0 spiro atoms. The Kier molecular flexibility index (Phi) is 7.97. The minimum absolute atomic E-state index is 0.0529. The summed E-state index contributed by atoms with van der Waals surface area (Å²) in [6.07, 6.45) is 0.662. The fourth-order valence-electron chi connectivity index (χ4n) is 2.10. The highest BCUT2D eigenvalue weighted by atomic mass is 16.6. The number of nitro benzene ring substituents is 1. The average molecular weight is 340 g/mol. The number of carbonyl (C=O) groups excluding carboxylic acids is 1. The number of hydrogen-bond acceptors (Lipinski definition) is 6. The number of nitrogens with zero attached hydrogens (tertiary/aromatic N) is 1. The predicted octanol–water partition coefficient (Wildman–Crippen LogP) is 2.34. The quantitative estimate of drug-likeness (QED) is 0.384. The molecule has 0 heterocycles. The van der Waals surface area contributed by atoms with Crippen LogP contribution in [0.1, 0.15) is 44.8 Å². The molecule has 2 N–H and O–H groups in total. The van der Waals surface area contributed by atoms with Crippen molar-refractivity contribution < 1.29 is 24.3 Å². The van der Waals surface area contributed by atoms with Crippen LogP contribution in [0.3, 0.4) is 0 Å². The Morgan fingerprint density at radius 2 is 2.12 bits per heavy atom. The molecule has 1 amide bonds. The molecule has 0 aromatic heterocycles. The summed E-state index contributed by atoms with van der Waals surface area (Å²) in [6, 6.07) is 2.63. The maximum Gasteiger partial charge on any atom is 0.279 e. The van der Waals surface area contributed by atoms with Gasteiger partial charge in [-0.05, 0) is 25.8 Å². The van der Waals surface area contributed by atoms with Crippen molar-refractivity contribution in [3.63, 3.8) is 0 Å². The molecule has 8 heteroatoms. The van der Waals surface area contributed by atoms with Crippen molar-refractivity contribution in [3.8, 4) is 11.5 Å². The summed E-state index contributed by atoms with van der Waals surface area (Å²) in [5.74, 6) is 0.456. The van der Waals surface area contributed by atoms with Gasteiger partial charge in [0.1, 0.15) is 0 Å². The molecule has 1 atom stereocenters. The lowest BCUT2D eigenvalue weighted by Gasteiger charge is -2.14. The van der Waals surface area contributed by atoms with Crippen LogP contribution in [-0.2, 0) is 4.79 Å². The summed E-state index contributed by atoms with van der Waals surface area (Å²) in [5.41, 5.74) is -0.0790. The van der Waals surface area contributed by atoms with Crippen molar-refractivity contribution in [1.29, 1.82) is 0 Å². The molecule has 0 saturated heterocycles. The van der Waals surface area contributed by atoms with E-state index in [0.717, 1.165) is 6.42 Å². The number of ether oxygens (including phenoxy) is 2. The van der Waals surface area contributed by atoms with Crippen LogP contribution < -0.4 is 14.8 Å². The molecular formula is C16H24N2O6. The number of benzene rings is 1. The standard InChI is InChI=1S/C16H24N2O6/c1-4-7-17-16(20)6-5-8-24-15-10-13(18(21)22)12(11(2)19)9-14(15)23-3/h9-11,19H,4-8H2,1-3H3,(H,17,20). The molecule has 0 bridgehead atoms. The second-order valence-corrected chi connectivity index (χ2v) is 5.30. The molecule has 24 heavy (non-hydrogen) atoms. The van der Waals surface area contributed by atoms with Crippen molar-refractivity contribution in [1.82, 2.24) is 5.32 Å². The molecule has 0 aliphatic rings. The molecule has 0 saturated carbocycles. The fourth-order valence-corrected chi connectivity index (χ4v) is 2.10. The Bertz CT molecular complexity index is 574. The van der Waals surface area contributed by atoms with Gasteiger partial charge >= 0.3 is 0 Å². The van der Waals surface area contributed by atoms with E-state index in [9.17, 15) is 20.0 Å². The zero-order chi connectivity index (χ0) is 18.1. The fraction of sp³-hybridized carbons (Fsp3) is 0.562. The van der Waals surface area contributed by atoms with Crippen molar-refractivity contribution in [2.24, 2.45) is 0 Å². The van der Waals surface area contributed by atoms with E-state index in [0.29, 0.717) is 25.1 Å². The van der Waals surface area contributed by atoms with Gasteiger partial charge in [-0.25, -0.2) is 0 Å². The highest BCUT2D eigenvalue weighted by Gasteiger charge is 2.22. The number of aliphatic hydroxyl groups is 1. The first-order valence-corrected chi connectivity index (χ1v) is 7.84. The van der Waals surface area contributed by atoms with Gasteiger partial charge in [0.05, 0.1) is 36.4 Å². The number of rotatable bonds is 10. The molecule has 1 rings (SSSR count). The molecule has 0 aliphatic carbocycles. The Labute approximate surface area is 140 Å². The van der Waals surface area contributed by atoms with E-state index in [-0.39, 0.29) is 29.5 Å². The minimum atomic E-state index is -1.00. The zero-order valence-electron chi connectivity index (χ0n) is 14.2. The van der Waals surface area contributed by atoms with Gasteiger partial charge in [0.15, 0.2) is 11.5 Å². The highest BCUT2D eigenvalue weighted by molar-refractivity contribution is 5.75. The van der Waals surface area contributed by atoms with E-state index in [1.807, 2.05) is 6.92 Å². The third-order valence-electron chi connectivity index (χ3n) is 3.34. The maximum absolute atomic E-state index is 11.5. The summed E-state index contributed by atoms with van der Waals surface area (Å²) < 4.78 is 10.7. The van der Waals surface area contributed by atoms with Gasteiger partial charge < -0.3 is 19.9 Å². The number of methoxy groups -OCH3 is 1. The molecule has 1 unspecified atom stereocenters. The Morgan fingerprint density at radius 1 is 1.42 bits per heavy atom. The Morgan fingerprint density at radius 3 is 2.67 bits per heavy atom. The van der Waals surface area contributed by atoms with Gasteiger partial charge in [0.2, 0.25) is 5.91 Å². The summed E-state index contributed by atoms with van der Waals surface area (Å²) in [6.45, 7) is 4.28. The molecule has 134 valence electrons. The Balaban J connectivity index is 2.75. The topological polar surface area (TPSA) is 111 Å². The number of hydrogen-bond donors (Lipinski definition) is 2. The maximum atomic E-state index is 11.5. The lowest BCUT2D eigenvalue weighted by molar-refractivity contribution is -0.386. The van der Waals surface area contributed by atoms with Crippen LogP contribution in [0.15, 0.2) is 12.1 Å². The van der Waals surface area contributed by atoms with Gasteiger partial charge in [-0.1, -0.05) is 6.92 Å². The largest absolute Gasteiger partial charge is 0.493 e. The SMILES string of the molecule is CCCNC(=O)CCCOc1cc([N+](=O)[O-])c(C(C)O)cc1OC. The van der Waals surface area contributed by atoms with Crippen LogP contribution in [0.2, 0.25) is 0 Å². The van der Waals surface area contributed by atoms with Gasteiger partial charge in [-0.15, -0.1) is 0 Å². The van der Waals surface area contributed by atoms with Crippen molar-refractivity contribution in [2.45, 2.75) is 39.2 Å². The van der Waals surface area contributed by atoms with E-state index >= 15 is 0 Å². The van der Waals surface area contributed by atoms with E-state index in [1.54, 1.807) is 0 Å². The first-order chi connectivity index (χ1) is 11.4. The van der Waals surface area contributed by atoms with Gasteiger partial charge in [-0.3, -0.25) is 14.9 Å². The highest BCUT2D eigenvalue weighted by Crippen LogP contribution is 2.37. The number of nitrogens with one attached hydrogen (secondary N) is 1. The number of aliphatic hydroxyl groups excluding tert-OH is 1. The molecular weight excluding hydrogens is 316 g/mol. The molecule has 1 aromatic carbocycles. The number of amides is 1. The number of nitro groups is 1. The molecule has 0 radical (unpaired) electrons. The molecule has 8 nitrogen and oxygen atoms in total. The van der Waals surface area contributed by atoms with E-state index in [2.05, 4.69) is 5.32 Å². The van der Waals surface area contributed by atoms with E-state index < -0.39 is 11.0 Å².